The van der Waals surface area contributed by atoms with Crippen LogP contribution >= 0.6 is 0 Å². The van der Waals surface area contributed by atoms with Gasteiger partial charge in [0.05, 0.1) is 24.3 Å². The summed E-state index contributed by atoms with van der Waals surface area (Å²) in [4.78, 5) is 14.7. The Bertz CT molecular complexity index is 655. The molecule has 2 aromatic rings. The Morgan fingerprint density at radius 3 is 2.91 bits per heavy atom. The predicted octanol–water partition coefficient (Wildman–Crippen LogP) is 1.84. The van der Waals surface area contributed by atoms with Gasteiger partial charge in [-0.1, -0.05) is 6.92 Å². The molecule has 3 N–H and O–H groups in total. The van der Waals surface area contributed by atoms with Crippen LogP contribution in [0.25, 0.3) is 0 Å². The fourth-order valence-corrected chi connectivity index (χ4v) is 2.98. The third-order valence-corrected chi connectivity index (χ3v) is 4.38. The zero-order valence-electron chi connectivity index (χ0n) is 13.4. The van der Waals surface area contributed by atoms with E-state index in [-0.39, 0.29) is 12.5 Å². The minimum atomic E-state index is -0.207. The minimum Gasteiger partial charge on any atom is -0.467 e. The number of rotatable bonds is 5. The molecule has 0 unspecified atom stereocenters. The Hall–Kier alpha value is -2.12. The van der Waals surface area contributed by atoms with Crippen molar-refractivity contribution in [3.8, 4) is 0 Å². The molecule has 1 saturated heterocycles. The van der Waals surface area contributed by atoms with Crippen molar-refractivity contribution in [2.24, 2.45) is 5.73 Å². The van der Waals surface area contributed by atoms with Crippen LogP contribution in [0.15, 0.2) is 29.0 Å². The first-order valence-corrected chi connectivity index (χ1v) is 8.06. The molecule has 3 heterocycles. The summed E-state index contributed by atoms with van der Waals surface area (Å²) in [6, 6.07) is 3.82. The Kier molecular flexibility index (Phi) is 4.78. The second kappa shape index (κ2) is 6.97. The molecule has 0 spiro atoms. The lowest BCUT2D eigenvalue weighted by Crippen LogP contribution is -2.35. The number of piperidine rings is 1. The van der Waals surface area contributed by atoms with Crippen LogP contribution in [0.4, 0.5) is 5.82 Å². The van der Waals surface area contributed by atoms with E-state index in [1.165, 1.54) is 6.26 Å². The maximum Gasteiger partial charge on any atom is 0.260 e. The van der Waals surface area contributed by atoms with Crippen molar-refractivity contribution in [1.29, 1.82) is 0 Å². The molecular weight excluding hydrogens is 294 g/mol. The number of anilines is 1. The van der Waals surface area contributed by atoms with Gasteiger partial charge in [0.25, 0.3) is 5.91 Å². The highest BCUT2D eigenvalue weighted by Gasteiger charge is 2.22. The van der Waals surface area contributed by atoms with Crippen LogP contribution in [0.3, 0.4) is 0 Å². The van der Waals surface area contributed by atoms with Gasteiger partial charge in [0.2, 0.25) is 0 Å². The normalized spacial score (nSPS) is 16.6. The molecule has 0 aliphatic carbocycles. The van der Waals surface area contributed by atoms with Gasteiger partial charge in [-0.15, -0.1) is 0 Å². The van der Waals surface area contributed by atoms with Gasteiger partial charge in [0.15, 0.2) is 0 Å². The van der Waals surface area contributed by atoms with Crippen molar-refractivity contribution in [3.05, 3.63) is 35.9 Å². The van der Waals surface area contributed by atoms with Crippen LogP contribution in [-0.2, 0) is 6.54 Å². The summed E-state index contributed by atoms with van der Waals surface area (Å²) >= 11 is 0. The maximum atomic E-state index is 12.3. The molecule has 23 heavy (non-hydrogen) atoms. The maximum absolute atomic E-state index is 12.3. The first-order chi connectivity index (χ1) is 11.2. The molecule has 0 atom stereocenters. The van der Waals surface area contributed by atoms with Crippen molar-refractivity contribution in [3.63, 3.8) is 0 Å². The average Bonchev–Trinajstić information content (AvgIpc) is 3.24. The lowest BCUT2D eigenvalue weighted by molar-refractivity contribution is 0.102. The van der Waals surface area contributed by atoms with Crippen molar-refractivity contribution >= 4 is 11.7 Å². The molecule has 0 radical (unpaired) electrons. The van der Waals surface area contributed by atoms with Crippen molar-refractivity contribution in [2.75, 3.05) is 25.0 Å². The molecule has 1 fully saturated rings. The zero-order chi connectivity index (χ0) is 16.2. The molecule has 0 aromatic carbocycles. The Morgan fingerprint density at radius 2 is 2.26 bits per heavy atom. The van der Waals surface area contributed by atoms with Crippen LogP contribution in [0.1, 0.15) is 41.9 Å². The number of nitrogens with two attached hydrogens (primary N) is 1. The van der Waals surface area contributed by atoms with Gasteiger partial charge in [-0.25, -0.2) is 4.68 Å². The SMILES string of the molecule is CCN1CCC(n2nccc2NC(=O)c2coc(CN)c2)CC1. The summed E-state index contributed by atoms with van der Waals surface area (Å²) < 4.78 is 7.14. The van der Waals surface area contributed by atoms with Gasteiger partial charge in [0, 0.05) is 19.2 Å². The summed E-state index contributed by atoms with van der Waals surface area (Å²) in [6.07, 6.45) is 5.24. The van der Waals surface area contributed by atoms with Gasteiger partial charge in [-0.05, 0) is 25.5 Å². The quantitative estimate of drug-likeness (QED) is 0.878. The van der Waals surface area contributed by atoms with E-state index in [4.69, 9.17) is 10.2 Å². The highest BCUT2D eigenvalue weighted by atomic mass is 16.3. The summed E-state index contributed by atoms with van der Waals surface area (Å²) in [5.74, 6) is 1.11. The predicted molar refractivity (Wildman–Crippen MR) is 87.2 cm³/mol. The van der Waals surface area contributed by atoms with Gasteiger partial charge in [-0.3, -0.25) is 4.79 Å². The first kappa shape index (κ1) is 15.8. The summed E-state index contributed by atoms with van der Waals surface area (Å²) in [6.45, 7) is 5.67. The molecule has 0 bridgehead atoms. The molecule has 1 aliphatic heterocycles. The molecule has 1 amide bonds. The number of nitrogens with zero attached hydrogens (tertiary/aromatic N) is 3. The highest BCUT2D eigenvalue weighted by molar-refractivity contribution is 6.03. The van der Waals surface area contributed by atoms with Crippen molar-refractivity contribution in [2.45, 2.75) is 32.4 Å². The molecule has 7 nitrogen and oxygen atoms in total. The molecular formula is C16H23N5O2. The number of hydrogen-bond donors (Lipinski definition) is 2. The average molecular weight is 317 g/mol. The van der Waals surface area contributed by atoms with E-state index in [9.17, 15) is 4.79 Å². The molecule has 7 heteroatoms. The number of likely N-dealkylation sites (tertiary alicyclic amines) is 1. The fourth-order valence-electron chi connectivity index (χ4n) is 2.98. The Labute approximate surface area is 135 Å². The molecule has 3 rings (SSSR count). The number of amides is 1. The van der Waals surface area contributed by atoms with Crippen LogP contribution < -0.4 is 11.1 Å². The van der Waals surface area contributed by atoms with Crippen LogP contribution in [0, 0.1) is 0 Å². The number of hydrogen-bond acceptors (Lipinski definition) is 5. The van der Waals surface area contributed by atoms with E-state index in [0.717, 1.165) is 38.3 Å². The number of carbonyl (C=O) groups is 1. The van der Waals surface area contributed by atoms with E-state index in [1.54, 1.807) is 12.3 Å². The third-order valence-electron chi connectivity index (χ3n) is 4.38. The highest BCUT2D eigenvalue weighted by Crippen LogP contribution is 2.25. The molecule has 124 valence electrons. The third kappa shape index (κ3) is 3.46. The van der Waals surface area contributed by atoms with E-state index in [2.05, 4.69) is 22.2 Å². The number of furan rings is 1. The molecule has 0 saturated carbocycles. The standard InChI is InChI=1S/C16H23N5O2/c1-2-20-7-4-13(5-8-20)21-15(3-6-18-21)19-16(22)12-9-14(10-17)23-11-12/h3,6,9,11,13H,2,4-5,7-8,10,17H2,1H3,(H,19,22). The Morgan fingerprint density at radius 1 is 1.48 bits per heavy atom. The van der Waals surface area contributed by atoms with E-state index < -0.39 is 0 Å². The van der Waals surface area contributed by atoms with Gasteiger partial charge >= 0.3 is 0 Å². The lowest BCUT2D eigenvalue weighted by Gasteiger charge is -2.31. The fraction of sp³-hybridized carbons (Fsp3) is 0.500. The van der Waals surface area contributed by atoms with Crippen molar-refractivity contribution in [1.82, 2.24) is 14.7 Å². The van der Waals surface area contributed by atoms with Gasteiger partial charge in [-0.2, -0.15) is 5.10 Å². The van der Waals surface area contributed by atoms with E-state index in [0.29, 0.717) is 17.4 Å². The molecule has 1 aliphatic rings. The van der Waals surface area contributed by atoms with Crippen LogP contribution in [-0.4, -0.2) is 40.2 Å². The Balaban J connectivity index is 1.67. The smallest absolute Gasteiger partial charge is 0.260 e. The van der Waals surface area contributed by atoms with Crippen LogP contribution in [0.2, 0.25) is 0 Å². The summed E-state index contributed by atoms with van der Waals surface area (Å²) in [7, 11) is 0. The zero-order valence-corrected chi connectivity index (χ0v) is 13.4. The number of carbonyl (C=O) groups excluding carboxylic acids is 1. The van der Waals surface area contributed by atoms with Crippen molar-refractivity contribution < 1.29 is 9.21 Å². The van der Waals surface area contributed by atoms with Gasteiger partial charge in [0.1, 0.15) is 17.8 Å². The minimum absolute atomic E-state index is 0.207. The second-order valence-electron chi connectivity index (χ2n) is 5.79. The lowest BCUT2D eigenvalue weighted by atomic mass is 10.1. The summed E-state index contributed by atoms with van der Waals surface area (Å²) in [5.41, 5.74) is 5.97. The van der Waals surface area contributed by atoms with Crippen LogP contribution in [0.5, 0.6) is 0 Å². The molecule has 2 aromatic heterocycles. The monoisotopic (exact) mass is 317 g/mol. The first-order valence-electron chi connectivity index (χ1n) is 8.06. The largest absolute Gasteiger partial charge is 0.467 e. The van der Waals surface area contributed by atoms with E-state index >= 15 is 0 Å². The summed E-state index contributed by atoms with van der Waals surface area (Å²) in [5, 5.41) is 7.31. The van der Waals surface area contributed by atoms with Gasteiger partial charge < -0.3 is 20.4 Å². The topological polar surface area (TPSA) is 89.3 Å². The second-order valence-corrected chi connectivity index (χ2v) is 5.79. The van der Waals surface area contributed by atoms with E-state index in [1.807, 2.05) is 10.7 Å². The number of nitrogens with one attached hydrogen (secondary N) is 1. The number of aromatic nitrogens is 2.